The highest BCUT2D eigenvalue weighted by atomic mass is 16.8. The molecule has 3 saturated heterocycles. The number of aliphatic hydroxyl groups is 4. The molecule has 15 atom stereocenters. The first kappa shape index (κ1) is 33.1. The third-order valence-corrected chi connectivity index (χ3v) is 14.0. The molecule has 0 aromatic carbocycles. The number of hydrogen-bond acceptors (Lipinski definition) is 15. The fourth-order valence-corrected chi connectivity index (χ4v) is 12.5. The molecule has 15 nitrogen and oxygen atoms in total. The van der Waals surface area contributed by atoms with Crippen LogP contribution in [-0.4, -0.2) is 104 Å². The van der Waals surface area contributed by atoms with E-state index in [1.165, 1.54) is 19.5 Å². The van der Waals surface area contributed by atoms with Gasteiger partial charge in [0.2, 0.25) is 0 Å². The van der Waals surface area contributed by atoms with E-state index in [1.807, 2.05) is 0 Å². The summed E-state index contributed by atoms with van der Waals surface area (Å²) >= 11 is 0. The lowest BCUT2D eigenvalue weighted by molar-refractivity contribution is -0.450. The van der Waals surface area contributed by atoms with Crippen molar-refractivity contribution in [3.05, 3.63) is 24.2 Å². The highest BCUT2D eigenvalue weighted by Gasteiger charge is 3.03. The summed E-state index contributed by atoms with van der Waals surface area (Å²) in [5.41, 5.74) is -14.5. The average molecular weight is 691 g/mol. The van der Waals surface area contributed by atoms with E-state index in [-0.39, 0.29) is 25.7 Å². The monoisotopic (exact) mass is 690 g/mol. The van der Waals surface area contributed by atoms with Crippen molar-refractivity contribution in [1.82, 2.24) is 0 Å². The Morgan fingerprint density at radius 3 is 2.29 bits per heavy atom. The summed E-state index contributed by atoms with van der Waals surface area (Å²) in [5.74, 6) is -6.78. The number of hydrogen-bond donors (Lipinski definition) is 4. The van der Waals surface area contributed by atoms with E-state index in [4.69, 9.17) is 32.8 Å². The second-order valence-corrected chi connectivity index (χ2v) is 15.8. The van der Waals surface area contributed by atoms with Crippen molar-refractivity contribution >= 4 is 23.9 Å². The largest absolute Gasteiger partial charge is 0.472 e. The van der Waals surface area contributed by atoms with Gasteiger partial charge < -0.3 is 53.3 Å². The predicted molar refractivity (Wildman–Crippen MR) is 157 cm³/mol. The van der Waals surface area contributed by atoms with Gasteiger partial charge in [0.05, 0.1) is 29.5 Å². The molecule has 0 amide bonds. The number of rotatable bonds is 6. The smallest absolute Gasteiger partial charge is 0.306 e. The molecular weight excluding hydrogens is 648 g/mol. The first-order valence-electron chi connectivity index (χ1n) is 16.7. The van der Waals surface area contributed by atoms with Gasteiger partial charge in [-0.15, -0.1) is 0 Å². The van der Waals surface area contributed by atoms with E-state index >= 15 is 0 Å². The Kier molecular flexibility index (Phi) is 6.36. The summed E-state index contributed by atoms with van der Waals surface area (Å²) in [5, 5.41) is 52.4. The first-order chi connectivity index (χ1) is 22.8. The van der Waals surface area contributed by atoms with Crippen LogP contribution in [0.4, 0.5) is 0 Å². The average Bonchev–Trinajstić information content (AvgIpc) is 3.82. The van der Waals surface area contributed by atoms with Crippen LogP contribution in [0.5, 0.6) is 0 Å². The molecule has 3 aliphatic heterocycles. The minimum absolute atomic E-state index is 0.0125. The van der Waals surface area contributed by atoms with Crippen LogP contribution in [0.1, 0.15) is 78.9 Å². The van der Waals surface area contributed by atoms with Crippen LogP contribution in [0.2, 0.25) is 0 Å². The van der Waals surface area contributed by atoms with Crippen molar-refractivity contribution < 1.29 is 72.4 Å². The molecule has 4 heterocycles. The molecular formula is C34H42O15. The molecule has 7 fully saturated rings. The van der Waals surface area contributed by atoms with E-state index in [9.17, 15) is 39.6 Å². The van der Waals surface area contributed by atoms with Gasteiger partial charge in [-0.2, -0.15) is 0 Å². The normalized spacial score (nSPS) is 53.3. The van der Waals surface area contributed by atoms with E-state index in [1.54, 1.807) is 26.8 Å². The standard InChI is InChI=1S/C34H42O15/c1-7-29-11-20-28(6,22(45-15(2)35)18-8-9-43-12-18)23(46-16(3)36)24(47-17(4)37)34(42)30-14-44-21(38)10-19(30)27(5)13-31(30,40)32(41,25(27)39)26(48-29)33(20,34)49-29/h8-9,12,19-20,22-26,39-42H,7,10-11,13-14H2,1-6H3. The molecule has 4 saturated carbocycles. The lowest BCUT2D eigenvalue weighted by Gasteiger charge is -2.77. The van der Waals surface area contributed by atoms with Crippen molar-refractivity contribution in [3.63, 3.8) is 0 Å². The molecule has 1 aromatic heterocycles. The van der Waals surface area contributed by atoms with Gasteiger partial charge in [-0.1, -0.05) is 20.8 Å². The van der Waals surface area contributed by atoms with Gasteiger partial charge in [-0.05, 0) is 24.8 Å². The van der Waals surface area contributed by atoms with Gasteiger partial charge in [0.15, 0.2) is 18.0 Å². The molecule has 7 aliphatic rings. The molecule has 4 bridgehead atoms. The SMILES string of the molecule is CCC12CC3C(C)(C(OC(C)=O)c4ccoc4)C(OC(C)=O)C(OC(C)=O)C4(O)C3(O1)C(O2)C1(O)C(O)C2(C)CC1(O)C41COC(=O)CC21. The fraction of sp³-hybridized carbons (Fsp3) is 0.765. The number of ether oxygens (including phenoxy) is 6. The molecule has 268 valence electrons. The quantitative estimate of drug-likeness (QED) is 0.237. The summed E-state index contributed by atoms with van der Waals surface area (Å²) in [7, 11) is 0. The lowest BCUT2D eigenvalue weighted by atomic mass is 9.32. The third kappa shape index (κ3) is 3.20. The Bertz CT molecular complexity index is 1660. The number of esters is 4. The zero-order valence-corrected chi connectivity index (χ0v) is 28.1. The Labute approximate surface area is 281 Å². The number of furan rings is 1. The Morgan fingerprint density at radius 2 is 1.69 bits per heavy atom. The zero-order chi connectivity index (χ0) is 35.5. The van der Waals surface area contributed by atoms with Crippen LogP contribution >= 0.6 is 0 Å². The summed E-state index contributed by atoms with van der Waals surface area (Å²) in [6, 6.07) is 1.56. The van der Waals surface area contributed by atoms with Crippen molar-refractivity contribution in [2.45, 2.75) is 126 Å². The van der Waals surface area contributed by atoms with Crippen LogP contribution in [0, 0.1) is 28.1 Å². The van der Waals surface area contributed by atoms with Gasteiger partial charge in [0, 0.05) is 50.5 Å². The van der Waals surface area contributed by atoms with Crippen LogP contribution in [0.15, 0.2) is 23.0 Å². The number of fused-ring (bicyclic) bond motifs is 4. The van der Waals surface area contributed by atoms with Gasteiger partial charge in [-0.25, -0.2) is 0 Å². The Morgan fingerprint density at radius 1 is 1.02 bits per heavy atom. The molecule has 15 unspecified atom stereocenters. The van der Waals surface area contributed by atoms with Gasteiger partial charge in [0.1, 0.15) is 41.2 Å². The van der Waals surface area contributed by atoms with Crippen molar-refractivity contribution in [2.24, 2.45) is 28.1 Å². The Balaban J connectivity index is 1.51. The summed E-state index contributed by atoms with van der Waals surface area (Å²) < 4.78 is 42.9. The number of aliphatic hydroxyl groups excluding tert-OH is 1. The number of carbonyl (C=O) groups is 4. The maximum Gasteiger partial charge on any atom is 0.306 e. The first-order valence-corrected chi connectivity index (χ1v) is 16.7. The fourth-order valence-electron chi connectivity index (χ4n) is 12.5. The molecule has 0 radical (unpaired) electrons. The second-order valence-electron chi connectivity index (χ2n) is 15.8. The van der Waals surface area contributed by atoms with E-state index in [2.05, 4.69) is 0 Å². The van der Waals surface area contributed by atoms with E-state index < -0.39 is 117 Å². The molecule has 15 heteroatoms. The van der Waals surface area contributed by atoms with E-state index in [0.717, 1.165) is 13.8 Å². The summed E-state index contributed by atoms with van der Waals surface area (Å²) in [6.07, 6.45) is -5.95. The highest BCUT2D eigenvalue weighted by molar-refractivity contribution is 5.73. The Hall–Kier alpha value is -3.08. The third-order valence-electron chi connectivity index (χ3n) is 14.0. The van der Waals surface area contributed by atoms with Gasteiger partial charge >= 0.3 is 23.9 Å². The minimum atomic E-state index is -2.63. The van der Waals surface area contributed by atoms with Crippen LogP contribution in [0.25, 0.3) is 0 Å². The molecule has 2 spiro atoms. The minimum Gasteiger partial charge on any atom is -0.472 e. The van der Waals surface area contributed by atoms with Crippen molar-refractivity contribution in [2.75, 3.05) is 6.61 Å². The maximum absolute atomic E-state index is 14.1. The molecule has 1 aromatic rings. The summed E-state index contributed by atoms with van der Waals surface area (Å²) in [4.78, 5) is 52.2. The van der Waals surface area contributed by atoms with Crippen molar-refractivity contribution in [3.8, 4) is 0 Å². The topological polar surface area (TPSA) is 218 Å². The highest BCUT2D eigenvalue weighted by Crippen LogP contribution is 2.87. The zero-order valence-electron chi connectivity index (χ0n) is 28.1. The van der Waals surface area contributed by atoms with Crippen LogP contribution < -0.4 is 0 Å². The van der Waals surface area contributed by atoms with Gasteiger partial charge in [0.25, 0.3) is 0 Å². The second kappa shape index (κ2) is 9.42. The summed E-state index contributed by atoms with van der Waals surface area (Å²) in [6.45, 7) is 7.82. The maximum atomic E-state index is 14.1. The van der Waals surface area contributed by atoms with E-state index in [0.29, 0.717) is 5.56 Å². The number of cyclic esters (lactones) is 1. The van der Waals surface area contributed by atoms with Gasteiger partial charge in [-0.3, -0.25) is 19.2 Å². The van der Waals surface area contributed by atoms with Crippen LogP contribution in [0.3, 0.4) is 0 Å². The molecule has 4 N–H and O–H groups in total. The van der Waals surface area contributed by atoms with Crippen LogP contribution in [-0.2, 0) is 47.6 Å². The number of carbonyl (C=O) groups excluding carboxylic acids is 4. The molecule has 8 rings (SSSR count). The predicted octanol–water partition coefficient (Wildman–Crippen LogP) is 0.588. The molecule has 4 aliphatic carbocycles. The lowest BCUT2D eigenvalue weighted by Crippen LogP contribution is -2.97. The molecule has 49 heavy (non-hydrogen) atoms. The van der Waals surface area contributed by atoms with Crippen molar-refractivity contribution in [1.29, 1.82) is 0 Å².